The van der Waals surface area contributed by atoms with E-state index in [4.69, 9.17) is 22.6 Å². The molecule has 3 fully saturated rings. The Balaban J connectivity index is 1.19. The molecule has 0 aliphatic carbocycles. The fourth-order valence-corrected chi connectivity index (χ4v) is 18.1. The van der Waals surface area contributed by atoms with Crippen molar-refractivity contribution in [3.63, 3.8) is 0 Å². The van der Waals surface area contributed by atoms with E-state index in [0.29, 0.717) is 53.3 Å². The lowest BCUT2D eigenvalue weighted by molar-refractivity contribution is -0.149. The van der Waals surface area contributed by atoms with E-state index in [2.05, 4.69) is 63.5 Å². The number of aromatic amines is 1. The van der Waals surface area contributed by atoms with Gasteiger partial charge < -0.3 is 120 Å². The van der Waals surface area contributed by atoms with Crippen LogP contribution in [0.25, 0.3) is 21.0 Å². The molecular formula is C89H127N21O20S2. The lowest BCUT2D eigenvalue weighted by atomic mass is 10.00. The van der Waals surface area contributed by atoms with Crippen molar-refractivity contribution in [3.8, 4) is 5.75 Å². The number of hydrogen-bond acceptors (Lipinski definition) is 23. The van der Waals surface area contributed by atoms with Crippen LogP contribution < -0.4 is 75.7 Å². The van der Waals surface area contributed by atoms with Crippen molar-refractivity contribution in [3.05, 3.63) is 101 Å². The van der Waals surface area contributed by atoms with Crippen LogP contribution in [0, 0.1) is 11.3 Å². The first-order valence-electron chi connectivity index (χ1n) is 44.5. The quantitative estimate of drug-likeness (QED) is 0.0166. The number of aromatic nitrogens is 1. The predicted octanol–water partition coefficient (Wildman–Crippen LogP) is -1.75. The minimum Gasteiger partial charge on any atom is -0.508 e. The highest BCUT2D eigenvalue weighted by Gasteiger charge is 2.46. The van der Waals surface area contributed by atoms with Gasteiger partial charge in [0.2, 0.25) is 100 Å². The zero-order chi connectivity index (χ0) is 96.7. The van der Waals surface area contributed by atoms with Crippen molar-refractivity contribution in [1.29, 1.82) is 5.41 Å². The Bertz CT molecular complexity index is 4940. The van der Waals surface area contributed by atoms with Crippen molar-refractivity contribution in [2.75, 3.05) is 72.0 Å². The molecule has 0 spiro atoms. The molecule has 0 bridgehead atoms. The van der Waals surface area contributed by atoms with Gasteiger partial charge in [0.25, 0.3) is 0 Å². The van der Waals surface area contributed by atoms with Crippen LogP contribution in [0.15, 0.2) is 84.4 Å². The van der Waals surface area contributed by atoms with Crippen molar-refractivity contribution < 1.29 is 96.8 Å². The third kappa shape index (κ3) is 29.5. The number of unbranched alkanes of at least 4 members (excludes halogenated alkanes) is 2. The van der Waals surface area contributed by atoms with E-state index < -0.39 is 235 Å². The van der Waals surface area contributed by atoms with Crippen LogP contribution in [-0.2, 0) is 101 Å². The fraction of sp³-hybridized carbons (Fsp3) is 0.551. The second-order valence-electron chi connectivity index (χ2n) is 33.9. The highest BCUT2D eigenvalue weighted by molar-refractivity contribution is 8.00. The number of nitrogens with two attached hydrogens (primary N) is 3. The number of aromatic hydroxyl groups is 1. The molecule has 43 heteroatoms. The topological polar surface area (TPSA) is 617 Å². The minimum absolute atomic E-state index is 0.00769. The van der Waals surface area contributed by atoms with E-state index in [9.17, 15) is 63.3 Å². The zero-order valence-electron chi connectivity index (χ0n) is 75.7. The number of aliphatic hydroxyl groups is 2. The SMILES string of the molecule is CCCC[C@H]1C(=O)N(C)[C@@H](CCCC)C(=O)N[C@@H](CCCNC(=N)N)C(=O)NC(C(=O)NCC(N)=O)CSCC(=O)N[C@@H](Cc2ccc(O)cc2)C(=O)N(C)[C@@H](C)C(=O)N[C@@H](CC(N)=O)C(=O)N2CCC[C@H]2C(=O)N[C@@H](CCO)C(=O)N[C@@H](CC(C)C)C(=O)N2CCC[C@H]2C(=O)N[C@@H](Cc2c[nH]c3ccccc23)C(=O)N[C@@H](CO)C(=O)N[C@@H](Cc2csc3ccccc23)C(=O)N1C. The number of phenolic OH excluding ortho intramolecular Hbond substituents is 1. The average Bonchev–Trinajstić information content (AvgIpc) is 1.58. The maximum atomic E-state index is 15.7. The molecule has 17 amide bonds. The summed E-state index contributed by atoms with van der Waals surface area (Å²) in [6.45, 7) is 5.89. The zero-order valence-corrected chi connectivity index (χ0v) is 77.3. The van der Waals surface area contributed by atoms with Crippen LogP contribution in [0.2, 0.25) is 0 Å². The molecule has 14 atom stereocenters. The van der Waals surface area contributed by atoms with Crippen LogP contribution in [0.5, 0.6) is 5.75 Å². The lowest BCUT2D eigenvalue weighted by Crippen LogP contribution is -2.61. The highest BCUT2D eigenvalue weighted by atomic mass is 32.2. The van der Waals surface area contributed by atoms with Gasteiger partial charge in [-0.2, -0.15) is 0 Å². The van der Waals surface area contributed by atoms with Crippen molar-refractivity contribution in [1.82, 2.24) is 88.0 Å². The normalized spacial score (nSPS) is 24.5. The number of thioether (sulfide) groups is 1. The Hall–Kier alpha value is -12.5. The summed E-state index contributed by atoms with van der Waals surface area (Å²) in [6, 6.07) is -1.30. The van der Waals surface area contributed by atoms with Gasteiger partial charge in [-0.1, -0.05) is 102 Å². The molecular weight excluding hydrogens is 1750 g/mol. The lowest BCUT2D eigenvalue weighted by Gasteiger charge is -2.36. The summed E-state index contributed by atoms with van der Waals surface area (Å²) in [6.07, 6.45) is 1.65. The molecule has 22 N–H and O–H groups in total. The number of benzene rings is 3. The van der Waals surface area contributed by atoms with E-state index in [1.165, 1.54) is 68.6 Å². The van der Waals surface area contributed by atoms with Gasteiger partial charge in [-0.3, -0.25) is 86.9 Å². The molecule has 720 valence electrons. The first-order chi connectivity index (χ1) is 62.9. The molecule has 8 rings (SSSR count). The largest absolute Gasteiger partial charge is 0.508 e. The number of carbonyl (C=O) groups excluding carboxylic acids is 17. The number of nitrogens with zero attached hydrogens (tertiary/aromatic N) is 5. The minimum atomic E-state index is -1.84. The van der Waals surface area contributed by atoms with E-state index in [1.807, 2.05) is 32.0 Å². The summed E-state index contributed by atoms with van der Waals surface area (Å²) in [5.74, 6) is -17.5. The number of rotatable bonds is 26. The number of fused-ring (bicyclic) bond motifs is 4. The Kier molecular flexibility index (Phi) is 40.3. The summed E-state index contributed by atoms with van der Waals surface area (Å²) in [5.41, 5.74) is 18.9. The Labute approximate surface area is 773 Å². The Morgan fingerprint density at radius 2 is 1.06 bits per heavy atom. The molecule has 41 nitrogen and oxygen atoms in total. The number of H-pyrrole nitrogens is 1. The molecule has 5 aromatic rings. The second kappa shape index (κ2) is 50.8. The maximum absolute atomic E-state index is 15.7. The summed E-state index contributed by atoms with van der Waals surface area (Å²) >= 11 is 2.12. The molecule has 1 unspecified atom stereocenters. The number of nitrogens with one attached hydrogen (secondary N) is 13. The summed E-state index contributed by atoms with van der Waals surface area (Å²) in [4.78, 5) is 258. The van der Waals surface area contributed by atoms with Crippen LogP contribution in [-0.4, -0.2) is 308 Å². The van der Waals surface area contributed by atoms with Gasteiger partial charge in [-0.05, 0) is 129 Å². The molecule has 3 aliphatic rings. The Morgan fingerprint density at radius 3 is 1.68 bits per heavy atom. The van der Waals surface area contributed by atoms with Gasteiger partial charge in [0.1, 0.15) is 90.3 Å². The van der Waals surface area contributed by atoms with Crippen LogP contribution in [0.3, 0.4) is 0 Å². The summed E-state index contributed by atoms with van der Waals surface area (Å²) in [7, 11) is 3.93. The monoisotopic (exact) mass is 1870 g/mol. The van der Waals surface area contributed by atoms with Gasteiger partial charge in [-0.15, -0.1) is 23.1 Å². The molecule has 3 aliphatic heterocycles. The predicted molar refractivity (Wildman–Crippen MR) is 491 cm³/mol. The van der Waals surface area contributed by atoms with Crippen LogP contribution >= 0.6 is 23.1 Å². The van der Waals surface area contributed by atoms with E-state index in [0.717, 1.165) is 41.4 Å². The van der Waals surface area contributed by atoms with E-state index in [-0.39, 0.29) is 108 Å². The van der Waals surface area contributed by atoms with Gasteiger partial charge in [0.15, 0.2) is 5.96 Å². The number of phenols is 1. The summed E-state index contributed by atoms with van der Waals surface area (Å²) in [5, 5.41) is 71.9. The highest BCUT2D eigenvalue weighted by Crippen LogP contribution is 2.30. The van der Waals surface area contributed by atoms with Gasteiger partial charge in [0, 0.05) is 94.2 Å². The number of aliphatic hydroxyl groups excluding tert-OH is 2. The summed E-state index contributed by atoms with van der Waals surface area (Å²) < 4.78 is 0.823. The first kappa shape index (κ1) is 105. The third-order valence-corrected chi connectivity index (χ3v) is 25.7. The molecule has 5 heterocycles. The number of likely N-dealkylation sites (N-methyl/N-ethyl adjacent to an activating group) is 3. The first-order valence-corrected chi connectivity index (χ1v) is 46.5. The Morgan fingerprint density at radius 1 is 0.530 bits per heavy atom. The van der Waals surface area contributed by atoms with E-state index >= 15 is 33.6 Å². The van der Waals surface area contributed by atoms with Crippen LogP contribution in [0.4, 0.5) is 0 Å². The number of hydrogen-bond donors (Lipinski definition) is 19. The number of guanidine groups is 1. The fourth-order valence-electron chi connectivity index (χ4n) is 16.2. The second-order valence-corrected chi connectivity index (χ2v) is 35.8. The van der Waals surface area contributed by atoms with Gasteiger partial charge in [0.05, 0.1) is 25.3 Å². The number of primary amides is 2. The molecule has 132 heavy (non-hydrogen) atoms. The van der Waals surface area contributed by atoms with Crippen molar-refractivity contribution in [2.45, 2.75) is 235 Å². The molecule has 3 saturated heterocycles. The number of amides is 17. The van der Waals surface area contributed by atoms with Crippen molar-refractivity contribution >= 4 is 150 Å². The van der Waals surface area contributed by atoms with Gasteiger partial charge >= 0.3 is 0 Å². The number of para-hydroxylation sites is 1. The third-order valence-electron chi connectivity index (χ3n) is 23.6. The van der Waals surface area contributed by atoms with E-state index in [1.54, 1.807) is 55.8 Å². The number of thiophene rings is 1. The molecule has 3 aromatic carbocycles. The van der Waals surface area contributed by atoms with Crippen LogP contribution in [0.1, 0.15) is 148 Å². The average molecular weight is 1880 g/mol. The van der Waals surface area contributed by atoms with Gasteiger partial charge in [-0.25, -0.2) is 0 Å². The molecule has 2 aromatic heterocycles. The van der Waals surface area contributed by atoms with Crippen molar-refractivity contribution in [2.24, 2.45) is 23.1 Å². The maximum Gasteiger partial charge on any atom is 0.246 e. The number of carbonyl (C=O) groups is 17. The standard InChI is InChI=1S/C89H127N21O20S2/c1-9-11-24-67-81(123)98-58(23-17-34-94-89(92)93)77(119)105-66(76(118)96-44-73(91)115)47-131-48-74(116)97-62(39-51-29-31-54(113)32-30-51)84(126)106(6)50(5)75(117)101-64(42-72(90)114)87(129)110-36-18-26-68(110)82(124)99-59(33-37-111)78(120)102-61(38-49(3)4)86(128)109-35-19-27-69(109)83(125)100-60(40-52-43-95-57-22-15-13-20-55(52)57)79(121)104-65(45-112)80(122)103-63(41-53-46-132-71-28-16-14-21-56(53)71)85(127)108(8)70(25-12-10-2)88(130)107(67)7/h13-16,20-22,28-32,43,46,49-50,58-70,95,111-113H,9-12,17-19,23-27,33-42,44-45,47-48H2,1-8H3,(H2,90,114)(H2,91,115)(H,96,118)(H,97,116)(H,98,123)(H,99,124)(H,100,125)(H,101,117)(H,102,120)(H,103,122)(H,104,121)(H,105,119)(H4,92,93,94)/t50-,58-,59-,60-,61-,62-,63-,64-,65-,66?,67-,68-,69-,70-/m0/s1. The molecule has 0 radical (unpaired) electrons. The molecule has 0 saturated carbocycles. The smallest absolute Gasteiger partial charge is 0.246 e.